The molecule has 0 bridgehead atoms. The van der Waals surface area contributed by atoms with Gasteiger partial charge in [-0.25, -0.2) is 0 Å². The topological polar surface area (TPSA) is 59.8 Å². The van der Waals surface area contributed by atoms with Gasteiger partial charge in [0, 0.05) is 27.9 Å². The third-order valence-electron chi connectivity index (χ3n) is 5.26. The molecule has 2 aromatic rings. The number of carbonyl (C=O) groups is 1. The summed E-state index contributed by atoms with van der Waals surface area (Å²) in [5.74, 6) is 1.40. The van der Waals surface area contributed by atoms with Crippen molar-refractivity contribution >= 4 is 29.0 Å². The maximum atomic E-state index is 12.4. The van der Waals surface area contributed by atoms with Crippen molar-refractivity contribution in [3.63, 3.8) is 0 Å². The molecule has 0 spiro atoms. The summed E-state index contributed by atoms with van der Waals surface area (Å²) in [7, 11) is 0. The Morgan fingerprint density at radius 2 is 1.96 bits per heavy atom. The number of hydrogen-bond acceptors (Lipinski definition) is 5. The van der Waals surface area contributed by atoms with Gasteiger partial charge in [-0.3, -0.25) is 9.36 Å². The molecule has 2 heterocycles. The number of carbonyl (C=O) groups excluding carboxylic acids is 1. The van der Waals surface area contributed by atoms with Crippen LogP contribution in [0.25, 0.3) is 11.4 Å². The molecule has 1 amide bonds. The van der Waals surface area contributed by atoms with Crippen LogP contribution in [0.4, 0.5) is 0 Å². The third kappa shape index (κ3) is 4.93. The molecule has 0 unspecified atom stereocenters. The maximum Gasteiger partial charge on any atom is 0.230 e. The van der Waals surface area contributed by atoms with Gasteiger partial charge in [-0.2, -0.15) is 0 Å². The highest BCUT2D eigenvalue weighted by Crippen LogP contribution is 2.33. The van der Waals surface area contributed by atoms with Crippen LogP contribution in [0.1, 0.15) is 68.9 Å². The maximum absolute atomic E-state index is 12.4. The van der Waals surface area contributed by atoms with E-state index in [4.69, 9.17) is 0 Å². The second kappa shape index (κ2) is 9.24. The number of nitrogens with zero attached hydrogens (tertiary/aromatic N) is 3. The molecule has 0 aliphatic heterocycles. The summed E-state index contributed by atoms with van der Waals surface area (Å²) >= 11 is 3.23. The minimum Gasteiger partial charge on any atom is -0.353 e. The van der Waals surface area contributed by atoms with Crippen molar-refractivity contribution in [2.75, 3.05) is 5.75 Å². The molecule has 2 aromatic heterocycles. The SMILES string of the molecule is Cc1scc(-c2nnc(SCC(=O)NC3CCCCCC3)n2C(C)C)c1C. The lowest BCUT2D eigenvalue weighted by Gasteiger charge is -2.16. The highest BCUT2D eigenvalue weighted by Gasteiger charge is 2.21. The van der Waals surface area contributed by atoms with Crippen LogP contribution in [0.2, 0.25) is 0 Å². The van der Waals surface area contributed by atoms with Crippen LogP contribution in [-0.2, 0) is 4.79 Å². The molecule has 0 atom stereocenters. The lowest BCUT2D eigenvalue weighted by atomic mass is 10.1. The highest BCUT2D eigenvalue weighted by atomic mass is 32.2. The number of aromatic nitrogens is 3. The third-order valence-corrected chi connectivity index (χ3v) is 7.22. The second-order valence-electron chi connectivity index (χ2n) is 7.65. The van der Waals surface area contributed by atoms with Crippen molar-refractivity contribution in [3.8, 4) is 11.4 Å². The first kappa shape index (κ1) is 20.4. The van der Waals surface area contributed by atoms with Gasteiger partial charge in [0.05, 0.1) is 5.75 Å². The van der Waals surface area contributed by atoms with E-state index in [0.29, 0.717) is 11.8 Å². The molecule has 1 aliphatic rings. The molecule has 5 nitrogen and oxygen atoms in total. The molecule has 0 radical (unpaired) electrons. The Morgan fingerprint density at radius 3 is 2.56 bits per heavy atom. The Hall–Kier alpha value is -1.34. The van der Waals surface area contributed by atoms with Gasteiger partial charge < -0.3 is 5.32 Å². The van der Waals surface area contributed by atoms with Crippen LogP contribution in [0, 0.1) is 13.8 Å². The zero-order chi connectivity index (χ0) is 19.4. The van der Waals surface area contributed by atoms with E-state index in [2.05, 4.69) is 53.2 Å². The monoisotopic (exact) mass is 406 g/mol. The van der Waals surface area contributed by atoms with Crippen molar-refractivity contribution in [1.29, 1.82) is 0 Å². The van der Waals surface area contributed by atoms with Gasteiger partial charge in [0.15, 0.2) is 11.0 Å². The average Bonchev–Trinajstić information content (AvgIpc) is 3.08. The lowest BCUT2D eigenvalue weighted by molar-refractivity contribution is -0.119. The Labute approximate surface area is 170 Å². The van der Waals surface area contributed by atoms with Crippen molar-refractivity contribution in [2.24, 2.45) is 0 Å². The normalized spacial score (nSPS) is 15.9. The zero-order valence-corrected chi connectivity index (χ0v) is 18.4. The van der Waals surface area contributed by atoms with E-state index >= 15 is 0 Å². The number of thioether (sulfide) groups is 1. The fourth-order valence-electron chi connectivity index (χ4n) is 3.58. The van der Waals surface area contributed by atoms with Gasteiger partial charge in [-0.05, 0) is 46.1 Å². The summed E-state index contributed by atoms with van der Waals surface area (Å²) in [5.41, 5.74) is 2.41. The molecule has 0 saturated heterocycles. The van der Waals surface area contributed by atoms with Gasteiger partial charge in [0.2, 0.25) is 5.91 Å². The van der Waals surface area contributed by atoms with E-state index in [1.807, 2.05) is 0 Å². The second-order valence-corrected chi connectivity index (χ2v) is 9.67. The largest absolute Gasteiger partial charge is 0.353 e. The van der Waals surface area contributed by atoms with Crippen LogP contribution in [-0.4, -0.2) is 32.5 Å². The standard InChI is InChI=1S/C20H30N4OS2/c1-13(2)24-19(17-11-26-15(4)14(17)3)22-23-20(24)27-12-18(25)21-16-9-7-5-6-8-10-16/h11,13,16H,5-10,12H2,1-4H3,(H,21,25). The first-order valence-corrected chi connectivity index (χ1v) is 11.8. The Balaban J connectivity index is 1.68. The van der Waals surface area contributed by atoms with E-state index in [-0.39, 0.29) is 11.9 Å². The van der Waals surface area contributed by atoms with Gasteiger partial charge >= 0.3 is 0 Å². The van der Waals surface area contributed by atoms with Gasteiger partial charge in [-0.15, -0.1) is 21.5 Å². The summed E-state index contributed by atoms with van der Waals surface area (Å²) in [4.78, 5) is 13.7. The predicted molar refractivity (Wildman–Crippen MR) is 114 cm³/mol. The van der Waals surface area contributed by atoms with Crippen LogP contribution < -0.4 is 5.32 Å². The number of hydrogen-bond donors (Lipinski definition) is 1. The first-order chi connectivity index (χ1) is 13.0. The molecule has 1 N–H and O–H groups in total. The minimum absolute atomic E-state index is 0.106. The first-order valence-electron chi connectivity index (χ1n) is 9.89. The average molecular weight is 407 g/mol. The quantitative estimate of drug-likeness (QED) is 0.533. The summed E-state index contributed by atoms with van der Waals surface area (Å²) in [6.45, 7) is 8.54. The Kier molecular flexibility index (Phi) is 6.98. The molecule has 7 heteroatoms. The summed E-state index contributed by atoms with van der Waals surface area (Å²) in [6.07, 6.45) is 7.26. The molecular formula is C20H30N4OS2. The molecule has 3 rings (SSSR count). The van der Waals surface area contributed by atoms with Crippen molar-refractivity contribution in [2.45, 2.75) is 83.5 Å². The minimum atomic E-state index is 0.106. The predicted octanol–water partition coefficient (Wildman–Crippen LogP) is 5.14. The summed E-state index contributed by atoms with van der Waals surface area (Å²) < 4.78 is 2.15. The van der Waals surface area contributed by atoms with Crippen LogP contribution in [0.3, 0.4) is 0 Å². The van der Waals surface area contributed by atoms with E-state index < -0.39 is 0 Å². The molecule has 1 fully saturated rings. The number of rotatable bonds is 6. The molecule has 1 saturated carbocycles. The Morgan fingerprint density at radius 1 is 1.26 bits per heavy atom. The van der Waals surface area contributed by atoms with Crippen LogP contribution >= 0.6 is 23.1 Å². The summed E-state index contributed by atoms with van der Waals surface area (Å²) in [6, 6.07) is 0.581. The number of amides is 1. The van der Waals surface area contributed by atoms with E-state index in [9.17, 15) is 4.79 Å². The Bertz CT molecular complexity index is 773. The zero-order valence-electron chi connectivity index (χ0n) is 16.7. The molecular weight excluding hydrogens is 376 g/mol. The van der Waals surface area contributed by atoms with E-state index in [1.54, 1.807) is 11.3 Å². The fourth-order valence-corrected chi connectivity index (χ4v) is 5.32. The fraction of sp³-hybridized carbons (Fsp3) is 0.650. The van der Waals surface area contributed by atoms with Crippen molar-refractivity contribution in [3.05, 3.63) is 15.8 Å². The highest BCUT2D eigenvalue weighted by molar-refractivity contribution is 7.99. The van der Waals surface area contributed by atoms with Gasteiger partial charge in [0.25, 0.3) is 0 Å². The van der Waals surface area contributed by atoms with Crippen LogP contribution in [0.5, 0.6) is 0 Å². The summed E-state index contributed by atoms with van der Waals surface area (Å²) in [5, 5.41) is 15.0. The molecule has 1 aliphatic carbocycles. The smallest absolute Gasteiger partial charge is 0.230 e. The molecule has 27 heavy (non-hydrogen) atoms. The van der Waals surface area contributed by atoms with Gasteiger partial charge in [-0.1, -0.05) is 37.4 Å². The molecule has 148 valence electrons. The van der Waals surface area contributed by atoms with Crippen molar-refractivity contribution < 1.29 is 4.79 Å². The number of aryl methyl sites for hydroxylation is 1. The van der Waals surface area contributed by atoms with E-state index in [0.717, 1.165) is 29.4 Å². The van der Waals surface area contributed by atoms with Gasteiger partial charge in [0.1, 0.15) is 0 Å². The number of thiophene rings is 1. The van der Waals surface area contributed by atoms with Crippen LogP contribution in [0.15, 0.2) is 10.5 Å². The lowest BCUT2D eigenvalue weighted by Crippen LogP contribution is -2.35. The van der Waals surface area contributed by atoms with E-state index in [1.165, 1.54) is 47.9 Å². The molecule has 0 aromatic carbocycles. The van der Waals surface area contributed by atoms with Crippen molar-refractivity contribution in [1.82, 2.24) is 20.1 Å². The number of nitrogens with one attached hydrogen (secondary N) is 1.